The number of amides is 2. The number of likely N-dealkylation sites (tertiary alicyclic amines) is 1. The van der Waals surface area contributed by atoms with E-state index in [-0.39, 0.29) is 11.8 Å². The van der Waals surface area contributed by atoms with Crippen LogP contribution in [0, 0.1) is 13.8 Å². The number of carboxylic acids is 1. The number of carbonyl (C=O) groups excluding carboxylic acids is 2. The maximum atomic E-state index is 12.9. The smallest absolute Gasteiger partial charge is 0.326 e. The predicted octanol–water partition coefficient (Wildman–Crippen LogP) is 3.64. The van der Waals surface area contributed by atoms with Crippen molar-refractivity contribution in [1.82, 2.24) is 4.90 Å². The fraction of sp³-hybridized carbons (Fsp3) is 0.318. The highest BCUT2D eigenvalue weighted by atomic mass is 16.4. The predicted molar refractivity (Wildman–Crippen MR) is 107 cm³/mol. The summed E-state index contributed by atoms with van der Waals surface area (Å²) in [5.74, 6) is -1.56. The van der Waals surface area contributed by atoms with Crippen LogP contribution in [0.4, 0.5) is 5.69 Å². The lowest BCUT2D eigenvalue weighted by Crippen LogP contribution is -2.48. The van der Waals surface area contributed by atoms with Crippen LogP contribution in [0.3, 0.4) is 0 Å². The van der Waals surface area contributed by atoms with E-state index in [1.165, 1.54) is 4.90 Å². The van der Waals surface area contributed by atoms with Crippen LogP contribution in [0.2, 0.25) is 0 Å². The second-order valence-electron chi connectivity index (χ2n) is 7.18. The monoisotopic (exact) mass is 380 g/mol. The zero-order chi connectivity index (χ0) is 20.3. The molecule has 1 atom stereocenters. The average Bonchev–Trinajstić information content (AvgIpc) is 2.69. The number of carbonyl (C=O) groups is 3. The van der Waals surface area contributed by atoms with Gasteiger partial charge in [-0.25, -0.2) is 4.79 Å². The van der Waals surface area contributed by atoms with E-state index < -0.39 is 12.0 Å². The number of benzene rings is 2. The molecule has 3 rings (SSSR count). The summed E-state index contributed by atoms with van der Waals surface area (Å²) in [6.45, 7) is 4.36. The van der Waals surface area contributed by atoms with Crippen molar-refractivity contribution in [2.45, 2.75) is 39.2 Å². The molecule has 1 fully saturated rings. The fourth-order valence-electron chi connectivity index (χ4n) is 3.41. The van der Waals surface area contributed by atoms with E-state index in [0.717, 1.165) is 24.0 Å². The van der Waals surface area contributed by atoms with E-state index in [9.17, 15) is 19.5 Å². The number of rotatable bonds is 4. The minimum atomic E-state index is -0.979. The third-order valence-corrected chi connectivity index (χ3v) is 5.19. The fourth-order valence-corrected chi connectivity index (χ4v) is 3.41. The highest BCUT2D eigenvalue weighted by molar-refractivity contribution is 6.05. The number of nitrogens with one attached hydrogen (secondary N) is 1. The summed E-state index contributed by atoms with van der Waals surface area (Å²) < 4.78 is 0. The minimum Gasteiger partial charge on any atom is -0.480 e. The number of aliphatic carboxylic acids is 1. The van der Waals surface area contributed by atoms with Gasteiger partial charge in [0.05, 0.1) is 0 Å². The van der Waals surface area contributed by atoms with E-state index in [2.05, 4.69) is 5.32 Å². The second kappa shape index (κ2) is 8.25. The number of hydrogen-bond acceptors (Lipinski definition) is 3. The molecule has 146 valence electrons. The van der Waals surface area contributed by atoms with Gasteiger partial charge in [0.2, 0.25) is 0 Å². The molecule has 6 heteroatoms. The first-order valence-corrected chi connectivity index (χ1v) is 9.39. The maximum absolute atomic E-state index is 12.9. The molecule has 0 bridgehead atoms. The van der Waals surface area contributed by atoms with Crippen molar-refractivity contribution in [2.75, 3.05) is 11.9 Å². The van der Waals surface area contributed by atoms with Crippen LogP contribution in [0.5, 0.6) is 0 Å². The zero-order valence-corrected chi connectivity index (χ0v) is 16.1. The van der Waals surface area contributed by atoms with Crippen molar-refractivity contribution in [3.8, 4) is 0 Å². The van der Waals surface area contributed by atoms with Gasteiger partial charge in [-0.15, -0.1) is 0 Å². The Morgan fingerprint density at radius 3 is 2.50 bits per heavy atom. The molecule has 0 aliphatic carbocycles. The van der Waals surface area contributed by atoms with E-state index in [0.29, 0.717) is 29.8 Å². The Kier molecular flexibility index (Phi) is 5.78. The molecule has 2 N–H and O–H groups in total. The molecule has 2 aromatic rings. The minimum absolute atomic E-state index is 0.255. The SMILES string of the molecule is Cc1ccc(C(=O)Nc2cccc(C(=O)N3CCCCC3C(=O)O)c2)cc1C. The van der Waals surface area contributed by atoms with E-state index in [1.54, 1.807) is 30.3 Å². The molecule has 0 aromatic heterocycles. The molecular formula is C22H24N2O4. The Morgan fingerprint density at radius 2 is 1.79 bits per heavy atom. The molecule has 6 nitrogen and oxygen atoms in total. The van der Waals surface area contributed by atoms with Crippen molar-refractivity contribution in [3.05, 3.63) is 64.7 Å². The van der Waals surface area contributed by atoms with Gasteiger partial charge in [0.15, 0.2) is 0 Å². The summed E-state index contributed by atoms with van der Waals surface area (Å²) in [6.07, 6.45) is 2.05. The highest BCUT2D eigenvalue weighted by Gasteiger charge is 2.32. The summed E-state index contributed by atoms with van der Waals surface area (Å²) in [7, 11) is 0. The summed E-state index contributed by atoms with van der Waals surface area (Å²) in [5, 5.41) is 12.2. The third kappa shape index (κ3) is 4.22. The van der Waals surface area contributed by atoms with Gasteiger partial charge in [-0.05, 0) is 74.6 Å². The number of piperidine rings is 1. The molecule has 2 aromatic carbocycles. The lowest BCUT2D eigenvalue weighted by atomic mass is 10.0. The first kappa shape index (κ1) is 19.6. The van der Waals surface area contributed by atoms with Crippen molar-refractivity contribution < 1.29 is 19.5 Å². The standard InChI is InChI=1S/C22H24N2O4/c1-14-9-10-16(12-15(14)2)20(25)23-18-7-5-6-17(13-18)21(26)24-11-4-3-8-19(24)22(27)28/h5-7,9-10,12-13,19H,3-4,8,11H2,1-2H3,(H,23,25)(H,27,28). The highest BCUT2D eigenvalue weighted by Crippen LogP contribution is 2.22. The van der Waals surface area contributed by atoms with Gasteiger partial charge < -0.3 is 15.3 Å². The van der Waals surface area contributed by atoms with Gasteiger partial charge in [0.1, 0.15) is 6.04 Å². The number of hydrogen-bond donors (Lipinski definition) is 2. The Labute approximate surface area is 164 Å². The number of nitrogens with zero attached hydrogens (tertiary/aromatic N) is 1. The van der Waals surface area contributed by atoms with Crippen LogP contribution in [-0.4, -0.2) is 40.4 Å². The lowest BCUT2D eigenvalue weighted by molar-refractivity contribution is -0.143. The zero-order valence-electron chi connectivity index (χ0n) is 16.1. The number of carboxylic acid groups (broad SMARTS) is 1. The Balaban J connectivity index is 1.77. The quantitative estimate of drug-likeness (QED) is 0.848. The van der Waals surface area contributed by atoms with Gasteiger partial charge in [-0.2, -0.15) is 0 Å². The van der Waals surface area contributed by atoms with Crippen LogP contribution in [0.1, 0.15) is 51.1 Å². The first-order chi connectivity index (χ1) is 13.4. The van der Waals surface area contributed by atoms with Gasteiger partial charge in [0, 0.05) is 23.4 Å². The van der Waals surface area contributed by atoms with E-state index >= 15 is 0 Å². The lowest BCUT2D eigenvalue weighted by Gasteiger charge is -2.33. The molecule has 1 aliphatic rings. The van der Waals surface area contributed by atoms with Gasteiger partial charge in [-0.1, -0.05) is 12.1 Å². The van der Waals surface area contributed by atoms with Crippen LogP contribution in [0.25, 0.3) is 0 Å². The molecule has 1 aliphatic heterocycles. The average molecular weight is 380 g/mol. The normalized spacial score (nSPS) is 16.5. The summed E-state index contributed by atoms with van der Waals surface area (Å²) in [6, 6.07) is 11.3. The molecule has 28 heavy (non-hydrogen) atoms. The molecule has 1 saturated heterocycles. The van der Waals surface area contributed by atoms with Crippen molar-refractivity contribution in [3.63, 3.8) is 0 Å². The number of anilines is 1. The topological polar surface area (TPSA) is 86.7 Å². The largest absolute Gasteiger partial charge is 0.480 e. The molecule has 0 spiro atoms. The first-order valence-electron chi connectivity index (χ1n) is 9.39. The van der Waals surface area contributed by atoms with Crippen molar-refractivity contribution in [2.24, 2.45) is 0 Å². The van der Waals surface area contributed by atoms with E-state index in [4.69, 9.17) is 0 Å². The Hall–Kier alpha value is -3.15. The molecule has 2 amide bonds. The third-order valence-electron chi connectivity index (χ3n) is 5.19. The second-order valence-corrected chi connectivity index (χ2v) is 7.18. The van der Waals surface area contributed by atoms with Crippen LogP contribution in [0.15, 0.2) is 42.5 Å². The van der Waals surface area contributed by atoms with Crippen LogP contribution in [-0.2, 0) is 4.79 Å². The summed E-state index contributed by atoms with van der Waals surface area (Å²) in [4.78, 5) is 38.3. The molecular weight excluding hydrogens is 356 g/mol. The molecule has 0 radical (unpaired) electrons. The molecule has 1 unspecified atom stereocenters. The van der Waals surface area contributed by atoms with Gasteiger partial charge in [0.25, 0.3) is 11.8 Å². The Bertz CT molecular complexity index is 923. The molecule has 0 saturated carbocycles. The van der Waals surface area contributed by atoms with Crippen LogP contribution < -0.4 is 5.32 Å². The number of aryl methyl sites for hydroxylation is 2. The van der Waals surface area contributed by atoms with Crippen LogP contribution >= 0.6 is 0 Å². The Morgan fingerprint density at radius 1 is 1.00 bits per heavy atom. The summed E-state index contributed by atoms with van der Waals surface area (Å²) in [5.41, 5.74) is 3.55. The van der Waals surface area contributed by atoms with Crippen molar-refractivity contribution >= 4 is 23.5 Å². The van der Waals surface area contributed by atoms with E-state index in [1.807, 2.05) is 26.0 Å². The van der Waals surface area contributed by atoms with Gasteiger partial charge >= 0.3 is 5.97 Å². The maximum Gasteiger partial charge on any atom is 0.326 e. The van der Waals surface area contributed by atoms with Crippen molar-refractivity contribution in [1.29, 1.82) is 0 Å². The summed E-state index contributed by atoms with van der Waals surface area (Å²) >= 11 is 0. The molecule has 1 heterocycles. The van der Waals surface area contributed by atoms with Gasteiger partial charge in [-0.3, -0.25) is 9.59 Å².